The van der Waals surface area contributed by atoms with E-state index in [1.54, 1.807) is 6.20 Å². The van der Waals surface area contributed by atoms with Gasteiger partial charge in [0.15, 0.2) is 0 Å². The van der Waals surface area contributed by atoms with Crippen molar-refractivity contribution in [2.75, 3.05) is 11.1 Å². The fourth-order valence-corrected chi connectivity index (χ4v) is 2.48. The van der Waals surface area contributed by atoms with Crippen LogP contribution in [-0.2, 0) is 0 Å². The lowest BCUT2D eigenvalue weighted by atomic mass is 10.1. The van der Waals surface area contributed by atoms with Crippen molar-refractivity contribution in [2.24, 2.45) is 0 Å². The number of nitrogen functional groups attached to an aromatic ring is 1. The molecule has 1 heterocycles. The number of aryl methyl sites for hydroxylation is 2. The summed E-state index contributed by atoms with van der Waals surface area (Å²) in [7, 11) is 0. The molecule has 100 valence electrons. The van der Waals surface area contributed by atoms with Crippen LogP contribution in [0.15, 0.2) is 48.7 Å². The van der Waals surface area contributed by atoms with Crippen molar-refractivity contribution in [3.63, 3.8) is 0 Å². The summed E-state index contributed by atoms with van der Waals surface area (Å²) in [5, 5.41) is 4.54. The molecule has 20 heavy (non-hydrogen) atoms. The highest BCUT2D eigenvalue weighted by Gasteiger charge is 2.03. The molecule has 0 fully saturated rings. The van der Waals surface area contributed by atoms with Crippen LogP contribution < -0.4 is 11.1 Å². The van der Waals surface area contributed by atoms with E-state index < -0.39 is 0 Å². The molecular weight excluding hydrogens is 246 g/mol. The zero-order chi connectivity index (χ0) is 14.1. The van der Waals surface area contributed by atoms with Crippen LogP contribution in [0.1, 0.15) is 11.1 Å². The highest BCUT2D eigenvalue weighted by molar-refractivity contribution is 5.94. The molecule has 0 bridgehead atoms. The number of hydrogen-bond donors (Lipinski definition) is 2. The smallest absolute Gasteiger partial charge is 0.0743 e. The first kappa shape index (κ1) is 12.5. The molecule has 0 aliphatic heterocycles. The third kappa shape index (κ3) is 2.43. The van der Waals surface area contributed by atoms with Crippen LogP contribution in [0.2, 0.25) is 0 Å². The van der Waals surface area contributed by atoms with Gasteiger partial charge in [0.2, 0.25) is 0 Å². The van der Waals surface area contributed by atoms with Gasteiger partial charge in [0.05, 0.1) is 5.52 Å². The quantitative estimate of drug-likeness (QED) is 0.682. The van der Waals surface area contributed by atoms with E-state index in [-0.39, 0.29) is 0 Å². The van der Waals surface area contributed by atoms with Crippen LogP contribution in [0, 0.1) is 13.8 Å². The monoisotopic (exact) mass is 263 g/mol. The van der Waals surface area contributed by atoms with Gasteiger partial charge in [-0.2, -0.15) is 0 Å². The van der Waals surface area contributed by atoms with E-state index in [1.165, 1.54) is 11.1 Å². The minimum atomic E-state index is 0.730. The SMILES string of the molecule is Cc1cc(C)cc(Nc2ccnc3cc(N)ccc23)c1. The number of nitrogens with two attached hydrogens (primary N) is 1. The first-order valence-electron chi connectivity index (χ1n) is 6.61. The Balaban J connectivity index is 2.06. The Morgan fingerprint density at radius 3 is 2.45 bits per heavy atom. The van der Waals surface area contributed by atoms with Gasteiger partial charge in [-0.05, 0) is 61.4 Å². The van der Waals surface area contributed by atoms with Crippen molar-refractivity contribution in [1.29, 1.82) is 0 Å². The summed E-state index contributed by atoms with van der Waals surface area (Å²) in [4.78, 5) is 4.36. The molecule has 0 amide bonds. The number of hydrogen-bond acceptors (Lipinski definition) is 3. The molecular formula is C17H17N3. The number of nitrogens with zero attached hydrogens (tertiary/aromatic N) is 1. The lowest BCUT2D eigenvalue weighted by Crippen LogP contribution is -1.94. The molecule has 3 aromatic rings. The average molecular weight is 263 g/mol. The summed E-state index contributed by atoms with van der Waals surface area (Å²) in [5.41, 5.74) is 12.1. The molecule has 0 unspecified atom stereocenters. The molecule has 0 spiro atoms. The summed E-state index contributed by atoms with van der Waals surface area (Å²) in [6, 6.07) is 14.2. The lowest BCUT2D eigenvalue weighted by Gasteiger charge is -2.11. The second-order valence-electron chi connectivity index (χ2n) is 5.14. The summed E-state index contributed by atoms with van der Waals surface area (Å²) in [6.07, 6.45) is 1.80. The first-order valence-corrected chi connectivity index (χ1v) is 6.61. The molecule has 0 aliphatic rings. The van der Waals surface area contributed by atoms with E-state index in [2.05, 4.69) is 42.3 Å². The maximum atomic E-state index is 5.81. The van der Waals surface area contributed by atoms with Crippen LogP contribution in [0.3, 0.4) is 0 Å². The van der Waals surface area contributed by atoms with Crippen molar-refractivity contribution in [3.05, 3.63) is 59.8 Å². The van der Waals surface area contributed by atoms with E-state index >= 15 is 0 Å². The van der Waals surface area contributed by atoms with Gasteiger partial charge < -0.3 is 11.1 Å². The average Bonchev–Trinajstić information content (AvgIpc) is 2.37. The maximum Gasteiger partial charge on any atom is 0.0743 e. The topological polar surface area (TPSA) is 50.9 Å². The van der Waals surface area contributed by atoms with Gasteiger partial charge in [0, 0.05) is 28.6 Å². The second-order valence-corrected chi connectivity index (χ2v) is 5.14. The van der Waals surface area contributed by atoms with E-state index in [0.717, 1.165) is 28.0 Å². The predicted octanol–water partition coefficient (Wildman–Crippen LogP) is 4.18. The van der Waals surface area contributed by atoms with Crippen molar-refractivity contribution in [1.82, 2.24) is 4.98 Å². The Hall–Kier alpha value is -2.55. The molecule has 0 atom stereocenters. The number of rotatable bonds is 2. The third-order valence-electron chi connectivity index (χ3n) is 3.27. The van der Waals surface area contributed by atoms with Gasteiger partial charge in [-0.3, -0.25) is 4.98 Å². The van der Waals surface area contributed by atoms with Gasteiger partial charge in [-0.25, -0.2) is 0 Å². The maximum absolute atomic E-state index is 5.81. The normalized spacial score (nSPS) is 10.7. The summed E-state index contributed by atoms with van der Waals surface area (Å²) in [5.74, 6) is 0. The fourth-order valence-electron chi connectivity index (χ4n) is 2.48. The van der Waals surface area contributed by atoms with E-state index in [1.807, 2.05) is 24.3 Å². The van der Waals surface area contributed by atoms with Crippen LogP contribution in [0.4, 0.5) is 17.1 Å². The summed E-state index contributed by atoms with van der Waals surface area (Å²) >= 11 is 0. The summed E-state index contributed by atoms with van der Waals surface area (Å²) < 4.78 is 0. The fraction of sp³-hybridized carbons (Fsp3) is 0.118. The standard InChI is InChI=1S/C17H17N3/c1-11-7-12(2)9-14(8-11)20-16-5-6-19-17-10-13(18)3-4-15(16)17/h3-10H,18H2,1-2H3,(H,19,20). The number of pyridine rings is 1. The Kier molecular flexibility index (Phi) is 3.03. The molecule has 3 nitrogen and oxygen atoms in total. The van der Waals surface area contributed by atoms with Crippen LogP contribution in [-0.4, -0.2) is 4.98 Å². The van der Waals surface area contributed by atoms with Crippen molar-refractivity contribution in [2.45, 2.75) is 13.8 Å². The molecule has 3 N–H and O–H groups in total. The largest absolute Gasteiger partial charge is 0.399 e. The predicted molar refractivity (Wildman–Crippen MR) is 85.4 cm³/mol. The highest BCUT2D eigenvalue weighted by atomic mass is 14.9. The lowest BCUT2D eigenvalue weighted by molar-refractivity contribution is 1.37. The number of benzene rings is 2. The van der Waals surface area contributed by atoms with Crippen LogP contribution >= 0.6 is 0 Å². The van der Waals surface area contributed by atoms with Gasteiger partial charge in [0.1, 0.15) is 0 Å². The Bertz CT molecular complexity index is 758. The zero-order valence-corrected chi connectivity index (χ0v) is 11.6. The minimum absolute atomic E-state index is 0.730. The van der Waals surface area contributed by atoms with E-state index in [9.17, 15) is 0 Å². The van der Waals surface area contributed by atoms with Gasteiger partial charge >= 0.3 is 0 Å². The second kappa shape index (κ2) is 4.85. The van der Waals surface area contributed by atoms with Crippen molar-refractivity contribution < 1.29 is 0 Å². The molecule has 1 aromatic heterocycles. The highest BCUT2D eigenvalue weighted by Crippen LogP contribution is 2.27. The first-order chi connectivity index (χ1) is 9.61. The molecule has 2 aromatic carbocycles. The van der Waals surface area contributed by atoms with Gasteiger partial charge in [0.25, 0.3) is 0 Å². The number of nitrogens with one attached hydrogen (secondary N) is 1. The number of anilines is 3. The number of aromatic nitrogens is 1. The number of fused-ring (bicyclic) bond motifs is 1. The zero-order valence-electron chi connectivity index (χ0n) is 11.6. The Morgan fingerprint density at radius 1 is 0.950 bits per heavy atom. The minimum Gasteiger partial charge on any atom is -0.399 e. The molecule has 0 saturated carbocycles. The molecule has 0 saturated heterocycles. The van der Waals surface area contributed by atoms with Crippen LogP contribution in [0.5, 0.6) is 0 Å². The molecule has 0 aliphatic carbocycles. The van der Waals surface area contributed by atoms with Gasteiger partial charge in [-0.15, -0.1) is 0 Å². The van der Waals surface area contributed by atoms with E-state index in [4.69, 9.17) is 5.73 Å². The van der Waals surface area contributed by atoms with Crippen molar-refractivity contribution >= 4 is 28.0 Å². The van der Waals surface area contributed by atoms with E-state index in [0.29, 0.717) is 0 Å². The molecule has 0 radical (unpaired) electrons. The Morgan fingerprint density at radius 2 is 1.70 bits per heavy atom. The Labute approximate surface area is 118 Å². The van der Waals surface area contributed by atoms with Gasteiger partial charge in [-0.1, -0.05) is 6.07 Å². The molecule has 3 rings (SSSR count). The molecule has 3 heteroatoms. The summed E-state index contributed by atoms with van der Waals surface area (Å²) in [6.45, 7) is 4.20. The van der Waals surface area contributed by atoms with Crippen LogP contribution in [0.25, 0.3) is 10.9 Å². The third-order valence-corrected chi connectivity index (χ3v) is 3.27. The van der Waals surface area contributed by atoms with Crippen molar-refractivity contribution in [3.8, 4) is 0 Å².